The summed E-state index contributed by atoms with van der Waals surface area (Å²) in [6.07, 6.45) is -4.52. The molecule has 4 nitrogen and oxygen atoms in total. The zero-order valence-corrected chi connectivity index (χ0v) is 19.8. The Kier molecular flexibility index (Phi) is 6.12. The highest BCUT2D eigenvalue weighted by Gasteiger charge is 2.31. The van der Waals surface area contributed by atoms with Gasteiger partial charge in [-0.2, -0.15) is 18.2 Å². The van der Waals surface area contributed by atoms with Crippen LogP contribution in [0.4, 0.5) is 13.2 Å². The minimum atomic E-state index is -4.52. The molecule has 0 bridgehead atoms. The van der Waals surface area contributed by atoms with Gasteiger partial charge >= 0.3 is 6.18 Å². The molecule has 9 heteroatoms. The number of aromatic nitrogens is 2. The summed E-state index contributed by atoms with van der Waals surface area (Å²) in [6.45, 7) is 5.84. The Bertz CT molecular complexity index is 1360. The minimum Gasteiger partial charge on any atom is -0.506 e. The largest absolute Gasteiger partial charge is 0.506 e. The first-order valence-corrected chi connectivity index (χ1v) is 11.0. The molecule has 0 saturated heterocycles. The highest BCUT2D eigenvalue weighted by Crippen LogP contribution is 2.43. The van der Waals surface area contributed by atoms with E-state index >= 15 is 0 Å². The monoisotopic (exact) mass is 506 g/mol. The van der Waals surface area contributed by atoms with Crippen molar-refractivity contribution in [1.29, 1.82) is 0 Å². The molecule has 4 rings (SSSR count). The van der Waals surface area contributed by atoms with E-state index in [2.05, 4.69) is 10.1 Å². The number of alkyl halides is 3. The first kappa shape index (κ1) is 24.1. The molecular formula is C25H19Cl2F3N2O2. The van der Waals surface area contributed by atoms with Crippen molar-refractivity contribution in [3.05, 3.63) is 75.8 Å². The summed E-state index contributed by atoms with van der Waals surface area (Å²) in [5.41, 5.74) is 0.502. The minimum absolute atomic E-state index is 0.0252. The van der Waals surface area contributed by atoms with Crippen LogP contribution in [0.25, 0.3) is 34.0 Å². The van der Waals surface area contributed by atoms with E-state index < -0.39 is 17.2 Å². The van der Waals surface area contributed by atoms with E-state index in [9.17, 15) is 18.3 Å². The lowest BCUT2D eigenvalue weighted by Gasteiger charge is -2.22. The van der Waals surface area contributed by atoms with Crippen molar-refractivity contribution in [2.24, 2.45) is 0 Å². The van der Waals surface area contributed by atoms with Crippen LogP contribution in [0.5, 0.6) is 5.75 Å². The molecule has 1 N–H and O–H groups in total. The third-order valence-corrected chi connectivity index (χ3v) is 5.95. The molecule has 1 heterocycles. The van der Waals surface area contributed by atoms with Gasteiger partial charge in [-0.3, -0.25) is 0 Å². The molecule has 34 heavy (non-hydrogen) atoms. The molecule has 0 aliphatic rings. The molecular weight excluding hydrogens is 488 g/mol. The molecule has 0 radical (unpaired) electrons. The Morgan fingerprint density at radius 3 is 2.09 bits per heavy atom. The number of phenolic OH excluding ortho intramolecular Hbond substituents is 1. The molecule has 176 valence electrons. The summed E-state index contributed by atoms with van der Waals surface area (Å²) in [5.74, 6) is -0.192. The van der Waals surface area contributed by atoms with E-state index in [-0.39, 0.29) is 34.2 Å². The number of hydrogen-bond acceptors (Lipinski definition) is 4. The van der Waals surface area contributed by atoms with Gasteiger partial charge in [-0.1, -0.05) is 67.3 Å². The van der Waals surface area contributed by atoms with Crippen LogP contribution in [-0.2, 0) is 11.6 Å². The Balaban J connectivity index is 1.91. The van der Waals surface area contributed by atoms with Crippen LogP contribution in [0.15, 0.2) is 59.1 Å². The van der Waals surface area contributed by atoms with Gasteiger partial charge in [-0.15, -0.1) is 0 Å². The van der Waals surface area contributed by atoms with Crippen LogP contribution in [-0.4, -0.2) is 15.2 Å². The quantitative estimate of drug-likeness (QED) is 0.303. The number of rotatable bonds is 3. The summed E-state index contributed by atoms with van der Waals surface area (Å²) < 4.78 is 45.3. The summed E-state index contributed by atoms with van der Waals surface area (Å²) >= 11 is 12.5. The molecule has 0 saturated carbocycles. The standard InChI is InChI=1S/C25H19Cl2F3N2O2/c1-24(2,3)15-11-16(13-6-4-7-14(10-13)25(28,29)30)21(33)17(12-15)23-31-22(32-34-23)20-18(26)8-5-9-19(20)27/h4-12,33H,1-3H3. The van der Waals surface area contributed by atoms with Crippen molar-refractivity contribution in [3.8, 4) is 39.7 Å². The van der Waals surface area contributed by atoms with E-state index in [4.69, 9.17) is 27.7 Å². The Morgan fingerprint density at radius 1 is 0.853 bits per heavy atom. The molecule has 0 aliphatic carbocycles. The Hall–Kier alpha value is -3.03. The van der Waals surface area contributed by atoms with Crippen molar-refractivity contribution >= 4 is 23.2 Å². The van der Waals surface area contributed by atoms with E-state index in [1.165, 1.54) is 12.1 Å². The summed E-state index contributed by atoms with van der Waals surface area (Å²) in [4.78, 5) is 4.36. The average molecular weight is 507 g/mol. The molecule has 0 atom stereocenters. The van der Waals surface area contributed by atoms with Crippen LogP contribution in [0.3, 0.4) is 0 Å². The van der Waals surface area contributed by atoms with Crippen LogP contribution in [0.1, 0.15) is 31.9 Å². The van der Waals surface area contributed by atoms with Gasteiger partial charge < -0.3 is 9.63 Å². The number of hydrogen-bond donors (Lipinski definition) is 1. The van der Waals surface area contributed by atoms with Gasteiger partial charge in [-0.25, -0.2) is 0 Å². The normalized spacial score (nSPS) is 12.2. The van der Waals surface area contributed by atoms with Gasteiger partial charge in [0.05, 0.1) is 26.7 Å². The first-order chi connectivity index (χ1) is 15.9. The topological polar surface area (TPSA) is 59.2 Å². The molecule has 0 aliphatic heterocycles. The van der Waals surface area contributed by atoms with Gasteiger partial charge in [-0.05, 0) is 52.9 Å². The van der Waals surface area contributed by atoms with E-state index in [1.807, 2.05) is 20.8 Å². The van der Waals surface area contributed by atoms with Gasteiger partial charge in [0.25, 0.3) is 5.89 Å². The van der Waals surface area contributed by atoms with E-state index in [0.29, 0.717) is 15.6 Å². The van der Waals surface area contributed by atoms with Crippen LogP contribution >= 0.6 is 23.2 Å². The first-order valence-electron chi connectivity index (χ1n) is 10.2. The zero-order chi connectivity index (χ0) is 24.8. The smallest absolute Gasteiger partial charge is 0.416 e. The molecule has 1 aromatic heterocycles. The molecule has 0 unspecified atom stereocenters. The van der Waals surface area contributed by atoms with Crippen molar-refractivity contribution in [1.82, 2.24) is 10.1 Å². The van der Waals surface area contributed by atoms with Crippen LogP contribution in [0.2, 0.25) is 10.0 Å². The summed E-state index contributed by atoms with van der Waals surface area (Å²) in [5, 5.41) is 15.7. The fraction of sp³-hybridized carbons (Fsp3) is 0.200. The number of phenols is 1. The number of aromatic hydroxyl groups is 1. The lowest BCUT2D eigenvalue weighted by molar-refractivity contribution is -0.137. The molecule has 0 amide bonds. The SMILES string of the molecule is CC(C)(C)c1cc(-c2cccc(C(F)(F)F)c2)c(O)c(-c2nc(-c3c(Cl)cccc3Cl)no2)c1. The van der Waals surface area contributed by atoms with E-state index in [0.717, 1.165) is 17.7 Å². The zero-order valence-electron chi connectivity index (χ0n) is 18.3. The van der Waals surface area contributed by atoms with Gasteiger partial charge in [0.15, 0.2) is 0 Å². The van der Waals surface area contributed by atoms with Gasteiger partial charge in [0, 0.05) is 5.56 Å². The highest BCUT2D eigenvalue weighted by molar-refractivity contribution is 6.38. The van der Waals surface area contributed by atoms with Crippen LogP contribution in [0, 0.1) is 0 Å². The van der Waals surface area contributed by atoms with Crippen molar-refractivity contribution in [2.45, 2.75) is 32.4 Å². The van der Waals surface area contributed by atoms with Gasteiger partial charge in [0.1, 0.15) is 5.75 Å². The fourth-order valence-electron chi connectivity index (χ4n) is 3.46. The maximum atomic E-state index is 13.3. The highest BCUT2D eigenvalue weighted by atomic mass is 35.5. The van der Waals surface area contributed by atoms with Crippen molar-refractivity contribution in [2.75, 3.05) is 0 Å². The predicted molar refractivity (Wildman–Crippen MR) is 126 cm³/mol. The van der Waals surface area contributed by atoms with Crippen LogP contribution < -0.4 is 0 Å². The molecule has 0 fully saturated rings. The van der Waals surface area contributed by atoms with Crippen molar-refractivity contribution < 1.29 is 22.8 Å². The second-order valence-corrected chi connectivity index (χ2v) is 9.58. The third kappa shape index (κ3) is 4.63. The molecule has 0 spiro atoms. The lowest BCUT2D eigenvalue weighted by atomic mass is 9.83. The Labute approximate surface area is 204 Å². The maximum absolute atomic E-state index is 13.3. The Morgan fingerprint density at radius 2 is 1.47 bits per heavy atom. The van der Waals surface area contributed by atoms with Crippen molar-refractivity contribution in [3.63, 3.8) is 0 Å². The maximum Gasteiger partial charge on any atom is 0.416 e. The number of benzene rings is 3. The van der Waals surface area contributed by atoms with E-state index in [1.54, 1.807) is 30.3 Å². The summed E-state index contributed by atoms with van der Waals surface area (Å²) in [7, 11) is 0. The van der Waals surface area contributed by atoms with Gasteiger partial charge in [0.2, 0.25) is 5.82 Å². The number of halogens is 5. The predicted octanol–water partition coefficient (Wildman–Crippen LogP) is 8.40. The lowest BCUT2D eigenvalue weighted by Crippen LogP contribution is -2.11. The second-order valence-electron chi connectivity index (χ2n) is 8.77. The summed E-state index contributed by atoms with van der Waals surface area (Å²) in [6, 6.07) is 13.0. The third-order valence-electron chi connectivity index (χ3n) is 5.32. The average Bonchev–Trinajstić information content (AvgIpc) is 3.22. The second kappa shape index (κ2) is 8.64. The fourth-order valence-corrected chi connectivity index (χ4v) is 4.03. The molecule has 3 aromatic carbocycles. The molecule has 4 aromatic rings. The number of nitrogens with zero attached hydrogens (tertiary/aromatic N) is 2.